The molecule has 22 heavy (non-hydrogen) atoms. The zero-order valence-corrected chi connectivity index (χ0v) is 13.0. The van der Waals surface area contributed by atoms with E-state index in [1.54, 1.807) is 6.08 Å². The van der Waals surface area contributed by atoms with Crippen molar-refractivity contribution in [2.75, 3.05) is 6.61 Å². The van der Waals surface area contributed by atoms with E-state index in [-0.39, 0.29) is 0 Å². The SMILES string of the molecule is CCOc1cc(C=CC#N)ccc1OCc1cccc(Cl)c1. The van der Waals surface area contributed by atoms with Crippen LogP contribution in [-0.4, -0.2) is 6.61 Å². The van der Waals surface area contributed by atoms with E-state index >= 15 is 0 Å². The van der Waals surface area contributed by atoms with Crippen molar-refractivity contribution in [2.24, 2.45) is 0 Å². The Labute approximate surface area is 135 Å². The van der Waals surface area contributed by atoms with Gasteiger partial charge in [0.25, 0.3) is 0 Å². The molecule has 0 radical (unpaired) electrons. The highest BCUT2D eigenvalue weighted by Crippen LogP contribution is 2.30. The molecule has 0 N–H and O–H groups in total. The Kier molecular flexibility index (Phi) is 5.88. The molecule has 0 saturated heterocycles. The smallest absolute Gasteiger partial charge is 0.161 e. The molecule has 2 rings (SSSR count). The molecule has 3 nitrogen and oxygen atoms in total. The van der Waals surface area contributed by atoms with E-state index in [0.717, 1.165) is 11.1 Å². The lowest BCUT2D eigenvalue weighted by atomic mass is 10.2. The first-order chi connectivity index (χ1) is 10.7. The molecular formula is C18H16ClNO2. The summed E-state index contributed by atoms with van der Waals surface area (Å²) in [5.74, 6) is 1.32. The number of hydrogen-bond donors (Lipinski definition) is 0. The molecule has 0 aliphatic heterocycles. The number of hydrogen-bond acceptors (Lipinski definition) is 3. The maximum atomic E-state index is 8.58. The van der Waals surface area contributed by atoms with Gasteiger partial charge in [0.15, 0.2) is 11.5 Å². The van der Waals surface area contributed by atoms with Gasteiger partial charge in [-0.3, -0.25) is 0 Å². The predicted molar refractivity (Wildman–Crippen MR) is 88.0 cm³/mol. The van der Waals surface area contributed by atoms with Gasteiger partial charge in [-0.25, -0.2) is 0 Å². The number of benzene rings is 2. The predicted octanol–water partition coefficient (Wildman–Crippen LogP) is 4.85. The second kappa shape index (κ2) is 8.11. The summed E-state index contributed by atoms with van der Waals surface area (Å²) in [6.45, 7) is 2.87. The summed E-state index contributed by atoms with van der Waals surface area (Å²) in [7, 11) is 0. The normalized spacial score (nSPS) is 10.4. The molecule has 0 unspecified atom stereocenters. The summed E-state index contributed by atoms with van der Waals surface area (Å²) in [6.07, 6.45) is 3.15. The second-order valence-corrected chi connectivity index (χ2v) is 4.96. The van der Waals surface area contributed by atoms with Crippen LogP contribution in [0.25, 0.3) is 6.08 Å². The number of ether oxygens (including phenoxy) is 2. The van der Waals surface area contributed by atoms with Crippen LogP contribution in [0, 0.1) is 11.3 Å². The van der Waals surface area contributed by atoms with Crippen LogP contribution in [0.1, 0.15) is 18.1 Å². The Morgan fingerprint density at radius 3 is 2.73 bits per heavy atom. The quantitative estimate of drug-likeness (QED) is 0.716. The molecule has 2 aromatic carbocycles. The minimum atomic E-state index is 0.411. The minimum absolute atomic E-state index is 0.411. The van der Waals surface area contributed by atoms with Crippen LogP contribution in [0.5, 0.6) is 11.5 Å². The van der Waals surface area contributed by atoms with Gasteiger partial charge < -0.3 is 9.47 Å². The molecule has 2 aromatic rings. The number of nitrogens with zero attached hydrogens (tertiary/aromatic N) is 1. The maximum absolute atomic E-state index is 8.58. The summed E-state index contributed by atoms with van der Waals surface area (Å²) in [5, 5.41) is 9.27. The molecule has 0 aromatic heterocycles. The van der Waals surface area contributed by atoms with Crippen LogP contribution in [0.3, 0.4) is 0 Å². The number of rotatable bonds is 6. The fourth-order valence-corrected chi connectivity index (χ4v) is 2.15. The molecule has 0 bridgehead atoms. The van der Waals surface area contributed by atoms with Gasteiger partial charge in [0.2, 0.25) is 0 Å². The topological polar surface area (TPSA) is 42.2 Å². The highest BCUT2D eigenvalue weighted by Gasteiger charge is 2.06. The number of halogens is 1. The van der Waals surface area contributed by atoms with Gasteiger partial charge in [-0.05, 0) is 48.4 Å². The van der Waals surface area contributed by atoms with E-state index < -0.39 is 0 Å². The van der Waals surface area contributed by atoms with Gasteiger partial charge in [0, 0.05) is 11.1 Å². The van der Waals surface area contributed by atoms with E-state index in [1.807, 2.05) is 55.5 Å². The molecule has 0 heterocycles. The fraction of sp³-hybridized carbons (Fsp3) is 0.167. The number of allylic oxidation sites excluding steroid dienone is 1. The van der Waals surface area contributed by atoms with Crippen molar-refractivity contribution in [2.45, 2.75) is 13.5 Å². The average molecular weight is 314 g/mol. The Bertz CT molecular complexity index is 704. The van der Waals surface area contributed by atoms with Crippen LogP contribution >= 0.6 is 11.6 Å². The second-order valence-electron chi connectivity index (χ2n) is 4.52. The summed E-state index contributed by atoms with van der Waals surface area (Å²) in [5.41, 5.74) is 1.88. The van der Waals surface area contributed by atoms with E-state index in [0.29, 0.717) is 29.7 Å². The Balaban J connectivity index is 2.15. The average Bonchev–Trinajstić information content (AvgIpc) is 2.52. The Morgan fingerprint density at radius 1 is 1.14 bits per heavy atom. The van der Waals surface area contributed by atoms with E-state index in [2.05, 4.69) is 0 Å². The molecule has 0 aliphatic carbocycles. The summed E-state index contributed by atoms with van der Waals surface area (Å²) < 4.78 is 11.4. The Morgan fingerprint density at radius 2 is 2.00 bits per heavy atom. The van der Waals surface area contributed by atoms with E-state index in [4.69, 9.17) is 26.3 Å². The van der Waals surface area contributed by atoms with Gasteiger partial charge in [-0.15, -0.1) is 0 Å². The van der Waals surface area contributed by atoms with Crippen LogP contribution in [0.15, 0.2) is 48.5 Å². The molecule has 112 valence electrons. The van der Waals surface area contributed by atoms with E-state index in [1.165, 1.54) is 6.08 Å². The largest absolute Gasteiger partial charge is 0.490 e. The van der Waals surface area contributed by atoms with Crippen LogP contribution in [0.4, 0.5) is 0 Å². The van der Waals surface area contributed by atoms with Gasteiger partial charge in [-0.2, -0.15) is 5.26 Å². The highest BCUT2D eigenvalue weighted by atomic mass is 35.5. The molecule has 0 atom stereocenters. The van der Waals surface area contributed by atoms with Gasteiger partial charge in [-0.1, -0.05) is 29.8 Å². The summed E-state index contributed by atoms with van der Waals surface area (Å²) >= 11 is 5.96. The molecular weight excluding hydrogens is 298 g/mol. The maximum Gasteiger partial charge on any atom is 0.161 e. The van der Waals surface area contributed by atoms with Crippen molar-refractivity contribution in [3.05, 3.63) is 64.7 Å². The summed E-state index contributed by atoms with van der Waals surface area (Å²) in [4.78, 5) is 0. The van der Waals surface area contributed by atoms with Crippen LogP contribution in [0.2, 0.25) is 5.02 Å². The third-order valence-electron chi connectivity index (χ3n) is 2.90. The molecule has 0 spiro atoms. The first kappa shape index (κ1) is 15.9. The third-order valence-corrected chi connectivity index (χ3v) is 3.14. The fourth-order valence-electron chi connectivity index (χ4n) is 1.94. The zero-order chi connectivity index (χ0) is 15.8. The van der Waals surface area contributed by atoms with Crippen LogP contribution < -0.4 is 9.47 Å². The zero-order valence-electron chi connectivity index (χ0n) is 12.3. The van der Waals surface area contributed by atoms with Crippen molar-refractivity contribution in [1.82, 2.24) is 0 Å². The van der Waals surface area contributed by atoms with Crippen LogP contribution in [-0.2, 0) is 6.61 Å². The van der Waals surface area contributed by atoms with Crippen molar-refractivity contribution in [3.63, 3.8) is 0 Å². The Hall–Kier alpha value is -2.44. The highest BCUT2D eigenvalue weighted by molar-refractivity contribution is 6.30. The monoisotopic (exact) mass is 313 g/mol. The third kappa shape index (κ3) is 4.54. The lowest BCUT2D eigenvalue weighted by Gasteiger charge is -2.12. The van der Waals surface area contributed by atoms with Gasteiger partial charge in [0.05, 0.1) is 12.7 Å². The summed E-state index contributed by atoms with van der Waals surface area (Å²) in [6, 6.07) is 15.1. The lowest BCUT2D eigenvalue weighted by Crippen LogP contribution is -2.00. The standard InChI is InChI=1S/C18H16ClNO2/c1-2-21-18-12-14(6-4-10-20)8-9-17(18)22-13-15-5-3-7-16(19)11-15/h3-9,11-12H,2,13H2,1H3. The van der Waals surface area contributed by atoms with Gasteiger partial charge in [0.1, 0.15) is 6.61 Å². The lowest BCUT2D eigenvalue weighted by molar-refractivity contribution is 0.269. The molecule has 0 saturated carbocycles. The number of nitriles is 1. The van der Waals surface area contributed by atoms with E-state index in [9.17, 15) is 0 Å². The van der Waals surface area contributed by atoms with Gasteiger partial charge >= 0.3 is 0 Å². The van der Waals surface area contributed by atoms with Crippen molar-refractivity contribution >= 4 is 17.7 Å². The molecule has 0 fully saturated rings. The van der Waals surface area contributed by atoms with Crippen molar-refractivity contribution in [1.29, 1.82) is 5.26 Å². The molecule has 0 amide bonds. The minimum Gasteiger partial charge on any atom is -0.490 e. The molecule has 4 heteroatoms. The first-order valence-electron chi connectivity index (χ1n) is 6.93. The molecule has 0 aliphatic rings. The van der Waals surface area contributed by atoms with Crippen molar-refractivity contribution < 1.29 is 9.47 Å². The van der Waals surface area contributed by atoms with Crippen molar-refractivity contribution in [3.8, 4) is 17.6 Å². The first-order valence-corrected chi connectivity index (χ1v) is 7.31.